The quantitative estimate of drug-likeness (QED) is 0.219. The van der Waals surface area contributed by atoms with Crippen LogP contribution >= 0.6 is 0 Å². The number of rotatable bonds is 18. The summed E-state index contributed by atoms with van der Waals surface area (Å²) >= 11 is 0. The summed E-state index contributed by atoms with van der Waals surface area (Å²) in [6, 6.07) is 7.24. The zero-order valence-corrected chi connectivity index (χ0v) is 17.7. The second-order valence-corrected chi connectivity index (χ2v) is 6.20. The third-order valence-electron chi connectivity index (χ3n) is 3.82. The number of hydrogen-bond donors (Lipinski definition) is 1. The van der Waals surface area contributed by atoms with Gasteiger partial charge in [0.1, 0.15) is 13.2 Å². The van der Waals surface area contributed by atoms with Gasteiger partial charge in [0.25, 0.3) is 0 Å². The molecule has 0 unspecified atom stereocenters. The fourth-order valence-corrected chi connectivity index (χ4v) is 2.21. The van der Waals surface area contributed by atoms with E-state index in [0.29, 0.717) is 45.2 Å². The minimum Gasteiger partial charge on any atom is -0.460 e. The molecule has 0 saturated heterocycles. The van der Waals surface area contributed by atoms with Crippen LogP contribution in [0.1, 0.15) is 30.1 Å². The predicted octanol–water partition coefficient (Wildman–Crippen LogP) is 2.83. The number of nitrogens with one attached hydrogen (secondary N) is 1. The predicted molar refractivity (Wildman–Crippen MR) is 114 cm³/mol. The Kier molecular flexibility index (Phi) is 14.9. The lowest BCUT2D eigenvalue weighted by molar-refractivity contribution is -0.139. The van der Waals surface area contributed by atoms with Gasteiger partial charge in [-0.2, -0.15) is 0 Å². The topological polar surface area (TPSA) is 92.3 Å². The van der Waals surface area contributed by atoms with Gasteiger partial charge in [0.05, 0.1) is 45.2 Å². The Bertz CT molecular complexity index is 604. The summed E-state index contributed by atoms with van der Waals surface area (Å²) in [7, 11) is 0. The molecule has 0 aliphatic heterocycles. The molecule has 8 nitrogen and oxygen atoms in total. The van der Waals surface area contributed by atoms with Gasteiger partial charge in [0.15, 0.2) is 0 Å². The van der Waals surface area contributed by atoms with Crippen LogP contribution in [0.5, 0.6) is 0 Å². The molecule has 0 spiro atoms. The van der Waals surface area contributed by atoms with Crippen molar-refractivity contribution < 1.29 is 33.3 Å². The van der Waals surface area contributed by atoms with Crippen molar-refractivity contribution in [3.05, 3.63) is 42.5 Å². The van der Waals surface area contributed by atoms with E-state index in [0.717, 1.165) is 31.1 Å². The number of benzene rings is 1. The van der Waals surface area contributed by atoms with E-state index in [1.165, 1.54) is 0 Å². The molecule has 1 rings (SSSR count). The van der Waals surface area contributed by atoms with Crippen molar-refractivity contribution in [1.82, 2.24) is 0 Å². The number of carbonyl (C=O) groups excluding carboxylic acids is 2. The van der Waals surface area contributed by atoms with Crippen LogP contribution < -0.4 is 5.32 Å². The van der Waals surface area contributed by atoms with Gasteiger partial charge in [0.2, 0.25) is 0 Å². The van der Waals surface area contributed by atoms with Gasteiger partial charge in [-0.1, -0.05) is 19.9 Å². The van der Waals surface area contributed by atoms with E-state index in [2.05, 4.69) is 18.8 Å². The molecule has 0 bridgehead atoms. The number of hydrogen-bond acceptors (Lipinski definition) is 8. The van der Waals surface area contributed by atoms with E-state index >= 15 is 0 Å². The summed E-state index contributed by atoms with van der Waals surface area (Å²) in [5, 5.41) is 3.30. The van der Waals surface area contributed by atoms with Crippen LogP contribution in [0.15, 0.2) is 36.9 Å². The van der Waals surface area contributed by atoms with Crippen molar-refractivity contribution in [2.75, 3.05) is 64.7 Å². The third kappa shape index (κ3) is 12.9. The smallest absolute Gasteiger partial charge is 0.338 e. The number of anilines is 1. The van der Waals surface area contributed by atoms with Gasteiger partial charge in [-0.15, -0.1) is 0 Å². The van der Waals surface area contributed by atoms with Gasteiger partial charge in [-0.05, 0) is 30.7 Å². The molecule has 1 aromatic rings. The van der Waals surface area contributed by atoms with E-state index in [1.807, 2.05) is 12.1 Å². The summed E-state index contributed by atoms with van der Waals surface area (Å²) < 4.78 is 25.9. The maximum Gasteiger partial charge on any atom is 0.338 e. The van der Waals surface area contributed by atoms with Gasteiger partial charge in [0, 0.05) is 18.3 Å². The van der Waals surface area contributed by atoms with Crippen LogP contribution in [0.2, 0.25) is 0 Å². The SMILES string of the molecule is C=CC(=O)OCCOCCOCCOCCOC(=O)c1ccc(NCCCC)cc1. The molecule has 0 radical (unpaired) electrons. The highest BCUT2D eigenvalue weighted by Crippen LogP contribution is 2.10. The summed E-state index contributed by atoms with van der Waals surface area (Å²) in [5.74, 6) is -0.837. The van der Waals surface area contributed by atoms with Gasteiger partial charge in [-0.3, -0.25) is 0 Å². The number of esters is 2. The van der Waals surface area contributed by atoms with Crippen molar-refractivity contribution in [2.24, 2.45) is 0 Å². The van der Waals surface area contributed by atoms with Crippen molar-refractivity contribution >= 4 is 17.6 Å². The maximum atomic E-state index is 12.0. The van der Waals surface area contributed by atoms with Gasteiger partial charge >= 0.3 is 11.9 Å². The molecule has 8 heteroatoms. The molecule has 1 aromatic carbocycles. The van der Waals surface area contributed by atoms with Crippen LogP contribution in [-0.2, 0) is 28.5 Å². The molecule has 1 N–H and O–H groups in total. The fraction of sp³-hybridized carbons (Fsp3) is 0.545. The maximum absolute atomic E-state index is 12.0. The Morgan fingerprint density at radius 1 is 0.867 bits per heavy atom. The van der Waals surface area contributed by atoms with Crippen LogP contribution in [0, 0.1) is 0 Å². The Morgan fingerprint density at radius 3 is 1.93 bits per heavy atom. The second kappa shape index (κ2) is 17.4. The molecule has 0 atom stereocenters. The number of ether oxygens (including phenoxy) is 5. The van der Waals surface area contributed by atoms with Crippen LogP contribution in [0.4, 0.5) is 5.69 Å². The molecule has 30 heavy (non-hydrogen) atoms. The first-order valence-corrected chi connectivity index (χ1v) is 10.2. The summed E-state index contributed by atoms with van der Waals surface area (Å²) in [5.41, 5.74) is 1.50. The summed E-state index contributed by atoms with van der Waals surface area (Å²) in [4.78, 5) is 22.8. The first-order valence-electron chi connectivity index (χ1n) is 10.2. The molecule has 0 aliphatic rings. The zero-order valence-electron chi connectivity index (χ0n) is 17.7. The fourth-order valence-electron chi connectivity index (χ4n) is 2.21. The molecular formula is C22H33NO7. The van der Waals surface area contributed by atoms with Gasteiger partial charge < -0.3 is 29.0 Å². The lowest BCUT2D eigenvalue weighted by Crippen LogP contribution is -2.15. The minimum absolute atomic E-state index is 0.182. The third-order valence-corrected chi connectivity index (χ3v) is 3.82. The summed E-state index contributed by atoms with van der Waals surface area (Å²) in [6.45, 7) is 8.96. The molecule has 0 aliphatic carbocycles. The molecule has 0 fully saturated rings. The Labute approximate surface area is 178 Å². The average molecular weight is 424 g/mol. The molecule has 0 saturated carbocycles. The van der Waals surface area contributed by atoms with Crippen LogP contribution in [-0.4, -0.2) is 71.3 Å². The van der Waals surface area contributed by atoms with Crippen molar-refractivity contribution in [1.29, 1.82) is 0 Å². The molecule has 168 valence electrons. The zero-order chi connectivity index (χ0) is 21.9. The van der Waals surface area contributed by atoms with Crippen molar-refractivity contribution in [3.8, 4) is 0 Å². The van der Waals surface area contributed by atoms with Crippen molar-refractivity contribution in [2.45, 2.75) is 19.8 Å². The summed E-state index contributed by atoms with van der Waals surface area (Å²) in [6.07, 6.45) is 3.35. The van der Waals surface area contributed by atoms with E-state index in [9.17, 15) is 9.59 Å². The molecule has 0 heterocycles. The van der Waals surface area contributed by atoms with E-state index in [4.69, 9.17) is 23.7 Å². The second-order valence-electron chi connectivity index (χ2n) is 6.20. The van der Waals surface area contributed by atoms with E-state index in [-0.39, 0.29) is 19.2 Å². The lowest BCUT2D eigenvalue weighted by atomic mass is 10.2. The Hall–Kier alpha value is -2.42. The van der Waals surface area contributed by atoms with E-state index < -0.39 is 5.97 Å². The first-order chi connectivity index (χ1) is 14.7. The van der Waals surface area contributed by atoms with Crippen LogP contribution in [0.25, 0.3) is 0 Å². The molecular weight excluding hydrogens is 390 g/mol. The molecule has 0 amide bonds. The van der Waals surface area contributed by atoms with Crippen molar-refractivity contribution in [3.63, 3.8) is 0 Å². The number of carbonyl (C=O) groups is 2. The average Bonchev–Trinajstić information content (AvgIpc) is 2.77. The highest BCUT2D eigenvalue weighted by Gasteiger charge is 2.06. The molecule has 0 aromatic heterocycles. The van der Waals surface area contributed by atoms with E-state index in [1.54, 1.807) is 12.1 Å². The number of unbranched alkanes of at least 4 members (excludes halogenated alkanes) is 1. The Balaban J connectivity index is 1.94. The van der Waals surface area contributed by atoms with Crippen LogP contribution in [0.3, 0.4) is 0 Å². The largest absolute Gasteiger partial charge is 0.460 e. The first kappa shape index (κ1) is 25.6. The highest BCUT2D eigenvalue weighted by molar-refractivity contribution is 5.89. The van der Waals surface area contributed by atoms with Gasteiger partial charge in [-0.25, -0.2) is 9.59 Å². The standard InChI is InChI=1S/C22H33NO7/c1-3-5-10-23-20-8-6-19(7-9-20)22(25)30-18-16-28-14-12-26-11-13-27-15-17-29-21(24)4-2/h4,6-9,23H,2-3,5,10-18H2,1H3. The highest BCUT2D eigenvalue weighted by atomic mass is 16.6. The Morgan fingerprint density at radius 2 is 1.40 bits per heavy atom. The lowest BCUT2D eigenvalue weighted by Gasteiger charge is -2.08. The monoisotopic (exact) mass is 423 g/mol. The normalized spacial score (nSPS) is 10.4. The minimum atomic E-state index is -0.467.